The molecule has 0 bridgehead atoms. The molecular formula is C19H34IN7O2. The number of hydrogen-bond acceptors (Lipinski definition) is 5. The van der Waals surface area contributed by atoms with Crippen molar-refractivity contribution in [3.05, 3.63) is 18.0 Å². The van der Waals surface area contributed by atoms with Crippen LogP contribution in [0.3, 0.4) is 0 Å². The summed E-state index contributed by atoms with van der Waals surface area (Å²) in [6, 6.07) is 0. The maximum Gasteiger partial charge on any atom is 0.221 e. The van der Waals surface area contributed by atoms with E-state index in [0.29, 0.717) is 6.61 Å². The normalized spacial score (nSPS) is 23.5. The van der Waals surface area contributed by atoms with E-state index in [2.05, 4.69) is 25.2 Å². The van der Waals surface area contributed by atoms with Gasteiger partial charge in [0, 0.05) is 45.5 Å². The Morgan fingerprint density at radius 1 is 1.41 bits per heavy atom. The lowest BCUT2D eigenvalue weighted by Crippen LogP contribution is -2.48. The monoisotopic (exact) mass is 519 g/mol. The van der Waals surface area contributed by atoms with Gasteiger partial charge in [0.05, 0.1) is 25.3 Å². The first kappa shape index (κ1) is 23.9. The molecule has 2 aliphatic heterocycles. The number of nitrogens with two attached hydrogens (primary N) is 1. The summed E-state index contributed by atoms with van der Waals surface area (Å²) in [4.78, 5) is 20.4. The van der Waals surface area contributed by atoms with Crippen molar-refractivity contribution in [3.63, 3.8) is 0 Å². The quantitative estimate of drug-likeness (QED) is 0.247. The van der Waals surface area contributed by atoms with E-state index in [1.807, 2.05) is 26.5 Å². The number of likely N-dealkylation sites (tertiary alicyclic amines) is 1. The van der Waals surface area contributed by atoms with Gasteiger partial charge in [-0.3, -0.25) is 14.5 Å². The Morgan fingerprint density at radius 3 is 2.93 bits per heavy atom. The third-order valence-electron chi connectivity index (χ3n) is 5.52. The number of primary amides is 1. The zero-order valence-electron chi connectivity index (χ0n) is 17.4. The van der Waals surface area contributed by atoms with E-state index in [1.165, 1.54) is 0 Å². The summed E-state index contributed by atoms with van der Waals surface area (Å²) in [5, 5.41) is 7.71. The molecule has 3 heterocycles. The molecule has 2 atom stereocenters. The Labute approximate surface area is 190 Å². The molecule has 0 saturated carbocycles. The van der Waals surface area contributed by atoms with Gasteiger partial charge in [-0.25, -0.2) is 0 Å². The average molecular weight is 519 g/mol. The minimum Gasteiger partial charge on any atom is -0.370 e. The molecule has 2 aliphatic rings. The second kappa shape index (κ2) is 11.7. The van der Waals surface area contributed by atoms with E-state index in [0.717, 1.165) is 70.1 Å². The van der Waals surface area contributed by atoms with Crippen LogP contribution in [-0.2, 0) is 16.6 Å². The maximum absolute atomic E-state index is 11.4. The molecule has 164 valence electrons. The van der Waals surface area contributed by atoms with Crippen LogP contribution < -0.4 is 11.1 Å². The largest absolute Gasteiger partial charge is 0.370 e. The first-order valence-corrected chi connectivity index (χ1v) is 10.1. The molecule has 3 N–H and O–H groups in total. The van der Waals surface area contributed by atoms with Crippen molar-refractivity contribution in [2.75, 3.05) is 52.9 Å². The fraction of sp³-hybridized carbons (Fsp3) is 0.737. The van der Waals surface area contributed by atoms with Gasteiger partial charge in [0.2, 0.25) is 5.91 Å². The highest BCUT2D eigenvalue weighted by Gasteiger charge is 2.26. The van der Waals surface area contributed by atoms with E-state index in [9.17, 15) is 4.79 Å². The highest BCUT2D eigenvalue weighted by Crippen LogP contribution is 2.21. The molecule has 1 aromatic heterocycles. The highest BCUT2D eigenvalue weighted by atomic mass is 127. The van der Waals surface area contributed by atoms with Gasteiger partial charge in [-0.1, -0.05) is 0 Å². The lowest BCUT2D eigenvalue weighted by Gasteiger charge is -2.35. The molecule has 2 fully saturated rings. The second-order valence-corrected chi connectivity index (χ2v) is 7.62. The van der Waals surface area contributed by atoms with E-state index in [4.69, 9.17) is 10.5 Å². The predicted molar refractivity (Wildman–Crippen MR) is 123 cm³/mol. The lowest BCUT2D eigenvalue weighted by molar-refractivity contribution is -0.123. The van der Waals surface area contributed by atoms with Crippen molar-refractivity contribution >= 4 is 35.8 Å². The molecule has 0 aromatic carbocycles. The van der Waals surface area contributed by atoms with Gasteiger partial charge in [-0.2, -0.15) is 5.10 Å². The molecule has 29 heavy (non-hydrogen) atoms. The van der Waals surface area contributed by atoms with Crippen molar-refractivity contribution in [1.82, 2.24) is 24.9 Å². The number of piperidine rings is 1. The highest BCUT2D eigenvalue weighted by molar-refractivity contribution is 14.0. The number of hydrogen-bond donors (Lipinski definition) is 2. The summed E-state index contributed by atoms with van der Waals surface area (Å²) in [6.07, 6.45) is 6.85. The molecule has 2 saturated heterocycles. The van der Waals surface area contributed by atoms with Crippen molar-refractivity contribution in [2.45, 2.75) is 25.4 Å². The number of ether oxygens (including phenoxy) is 1. The van der Waals surface area contributed by atoms with Crippen LogP contribution >= 0.6 is 24.0 Å². The van der Waals surface area contributed by atoms with Crippen molar-refractivity contribution < 1.29 is 9.53 Å². The molecule has 10 heteroatoms. The zero-order valence-corrected chi connectivity index (χ0v) is 19.7. The summed E-state index contributed by atoms with van der Waals surface area (Å²) in [5.74, 6) is 0.747. The minimum atomic E-state index is -0.168. The lowest BCUT2D eigenvalue weighted by atomic mass is 9.97. The molecule has 2 unspecified atom stereocenters. The van der Waals surface area contributed by atoms with Gasteiger partial charge in [0.15, 0.2) is 5.96 Å². The fourth-order valence-electron chi connectivity index (χ4n) is 3.98. The Kier molecular flexibility index (Phi) is 9.63. The number of carbonyl (C=O) groups excluding carboxylic acids is 1. The van der Waals surface area contributed by atoms with Crippen LogP contribution in [-0.4, -0.2) is 84.4 Å². The van der Waals surface area contributed by atoms with Crippen molar-refractivity contribution in [3.8, 4) is 0 Å². The number of aryl methyl sites for hydroxylation is 1. The Hall–Kier alpha value is -1.40. The number of aliphatic imine (C=N–C) groups is 1. The van der Waals surface area contributed by atoms with Gasteiger partial charge >= 0.3 is 0 Å². The van der Waals surface area contributed by atoms with Crippen LogP contribution in [0.2, 0.25) is 0 Å². The molecular weight excluding hydrogens is 485 g/mol. The van der Waals surface area contributed by atoms with E-state index >= 15 is 0 Å². The Morgan fingerprint density at radius 2 is 2.24 bits per heavy atom. The third-order valence-corrected chi connectivity index (χ3v) is 5.52. The SMILES string of the molecule is CN=C(NCCCN1CCCC(C(N)=O)C1)N1CCOC(c2cnn(C)c2)C1.I. The summed E-state index contributed by atoms with van der Waals surface area (Å²) in [7, 11) is 3.73. The molecule has 0 aliphatic carbocycles. The molecule has 0 radical (unpaired) electrons. The number of nitrogens with zero attached hydrogens (tertiary/aromatic N) is 5. The number of morpholine rings is 1. The number of nitrogens with one attached hydrogen (secondary N) is 1. The standard InChI is InChI=1S/C19H33N7O2.HI/c1-21-19(22-6-4-8-25-7-3-5-15(13-25)18(20)27)26-9-10-28-17(14-26)16-11-23-24(2)12-16;/h11-12,15,17H,3-10,13-14H2,1-2H3,(H2,20,27)(H,21,22);1H. The zero-order chi connectivity index (χ0) is 19.9. The summed E-state index contributed by atoms with van der Waals surface area (Å²) < 4.78 is 7.71. The number of aromatic nitrogens is 2. The molecule has 3 rings (SSSR count). The minimum absolute atomic E-state index is 0. The predicted octanol–water partition coefficient (Wildman–Crippen LogP) is 0.574. The molecule has 0 spiro atoms. The Balaban J connectivity index is 0.00000300. The second-order valence-electron chi connectivity index (χ2n) is 7.62. The number of halogens is 1. The van der Waals surface area contributed by atoms with Crippen LogP contribution in [0.1, 0.15) is 30.9 Å². The number of rotatable bonds is 6. The van der Waals surface area contributed by atoms with Crippen LogP contribution in [0.25, 0.3) is 0 Å². The van der Waals surface area contributed by atoms with Gasteiger partial charge < -0.3 is 25.6 Å². The molecule has 1 aromatic rings. The first-order valence-electron chi connectivity index (χ1n) is 10.1. The third kappa shape index (κ3) is 6.82. The van der Waals surface area contributed by atoms with Crippen molar-refractivity contribution in [1.29, 1.82) is 0 Å². The number of guanidine groups is 1. The van der Waals surface area contributed by atoms with Gasteiger partial charge in [0.1, 0.15) is 6.10 Å². The fourth-order valence-corrected chi connectivity index (χ4v) is 3.98. The molecule has 1 amide bonds. The Bertz CT molecular complexity index is 681. The smallest absolute Gasteiger partial charge is 0.221 e. The van der Waals surface area contributed by atoms with Crippen LogP contribution in [0.4, 0.5) is 0 Å². The average Bonchev–Trinajstić information content (AvgIpc) is 3.15. The van der Waals surface area contributed by atoms with E-state index in [1.54, 1.807) is 4.68 Å². The van der Waals surface area contributed by atoms with E-state index in [-0.39, 0.29) is 41.9 Å². The van der Waals surface area contributed by atoms with Crippen LogP contribution in [0.15, 0.2) is 17.4 Å². The summed E-state index contributed by atoms with van der Waals surface area (Å²) >= 11 is 0. The topological polar surface area (TPSA) is 101 Å². The van der Waals surface area contributed by atoms with Gasteiger partial charge in [-0.15, -0.1) is 24.0 Å². The number of amides is 1. The van der Waals surface area contributed by atoms with E-state index < -0.39 is 0 Å². The molecule has 9 nitrogen and oxygen atoms in total. The maximum atomic E-state index is 11.4. The van der Waals surface area contributed by atoms with Crippen LogP contribution in [0, 0.1) is 5.92 Å². The summed E-state index contributed by atoms with van der Waals surface area (Å²) in [6.45, 7) is 5.91. The number of carbonyl (C=O) groups is 1. The van der Waals surface area contributed by atoms with Crippen LogP contribution in [0.5, 0.6) is 0 Å². The van der Waals surface area contributed by atoms with Gasteiger partial charge in [-0.05, 0) is 32.4 Å². The van der Waals surface area contributed by atoms with Crippen molar-refractivity contribution in [2.24, 2.45) is 23.7 Å². The first-order chi connectivity index (χ1) is 13.6. The van der Waals surface area contributed by atoms with Gasteiger partial charge in [0.25, 0.3) is 0 Å². The summed E-state index contributed by atoms with van der Waals surface area (Å²) in [5.41, 5.74) is 6.56.